The van der Waals surface area contributed by atoms with Crippen molar-refractivity contribution in [3.05, 3.63) is 35.9 Å². The highest BCUT2D eigenvalue weighted by atomic mass is 16.3. The van der Waals surface area contributed by atoms with Crippen molar-refractivity contribution in [2.45, 2.75) is 134 Å². The summed E-state index contributed by atoms with van der Waals surface area (Å²) in [6.45, 7) is 0. The summed E-state index contributed by atoms with van der Waals surface area (Å²) in [6, 6.07) is 10.8. The third-order valence-corrected chi connectivity index (χ3v) is 6.82. The van der Waals surface area contributed by atoms with Crippen molar-refractivity contribution < 1.29 is 9.90 Å². The van der Waals surface area contributed by atoms with Crippen LogP contribution in [0.15, 0.2) is 30.3 Å². The van der Waals surface area contributed by atoms with E-state index in [1.54, 1.807) is 0 Å². The number of carbonyl (C=O) groups excluding carboxylic acids is 1. The second-order valence-electron chi connectivity index (χ2n) is 9.73. The molecule has 0 spiro atoms. The van der Waals surface area contributed by atoms with Gasteiger partial charge in [0.05, 0.1) is 5.60 Å². The first-order chi connectivity index (χ1) is 14.7. The van der Waals surface area contributed by atoms with E-state index in [0.29, 0.717) is 12.8 Å². The molecule has 0 saturated heterocycles. The molecule has 0 amide bonds. The quantitative estimate of drug-likeness (QED) is 0.262. The summed E-state index contributed by atoms with van der Waals surface area (Å²) in [6.07, 6.45) is 23.1. The van der Waals surface area contributed by atoms with Gasteiger partial charge in [-0.2, -0.15) is 0 Å². The molecule has 0 atom stereocenters. The topological polar surface area (TPSA) is 37.3 Å². The molecule has 1 aliphatic carbocycles. The van der Waals surface area contributed by atoms with Gasteiger partial charge < -0.3 is 5.11 Å². The Morgan fingerprint density at radius 3 is 1.77 bits per heavy atom. The second kappa shape index (κ2) is 15.6. The molecule has 0 aliphatic heterocycles. The lowest BCUT2D eigenvalue weighted by atomic mass is 9.81. The summed E-state index contributed by atoms with van der Waals surface area (Å²) in [5, 5.41) is 10.5. The Morgan fingerprint density at radius 1 is 0.700 bits per heavy atom. The molecule has 2 nitrogen and oxygen atoms in total. The first kappa shape index (κ1) is 25.1. The molecule has 1 N–H and O–H groups in total. The zero-order valence-electron chi connectivity index (χ0n) is 19.4. The second-order valence-corrected chi connectivity index (χ2v) is 9.73. The molecule has 1 fully saturated rings. The van der Waals surface area contributed by atoms with Crippen molar-refractivity contribution in [3.63, 3.8) is 0 Å². The van der Waals surface area contributed by atoms with Crippen LogP contribution in [0.5, 0.6) is 0 Å². The third kappa shape index (κ3) is 11.9. The highest BCUT2D eigenvalue weighted by Gasteiger charge is 2.31. The average molecular weight is 415 g/mol. The number of aryl methyl sites for hydroxylation is 1. The minimum atomic E-state index is -0.669. The summed E-state index contributed by atoms with van der Waals surface area (Å²) in [7, 11) is 0. The molecule has 1 aromatic rings. The molecule has 0 bridgehead atoms. The van der Waals surface area contributed by atoms with Gasteiger partial charge in [0, 0.05) is 12.8 Å². The minimum Gasteiger partial charge on any atom is -0.389 e. The van der Waals surface area contributed by atoms with Gasteiger partial charge in [0.15, 0.2) is 0 Å². The van der Waals surface area contributed by atoms with Gasteiger partial charge in [0.1, 0.15) is 5.78 Å². The van der Waals surface area contributed by atoms with Crippen molar-refractivity contribution in [1.29, 1.82) is 0 Å². The van der Waals surface area contributed by atoms with Gasteiger partial charge >= 0.3 is 0 Å². The number of benzene rings is 1. The highest BCUT2D eigenvalue weighted by molar-refractivity contribution is 5.79. The van der Waals surface area contributed by atoms with Gasteiger partial charge in [-0.05, 0) is 37.7 Å². The lowest BCUT2D eigenvalue weighted by molar-refractivity contribution is -0.125. The highest BCUT2D eigenvalue weighted by Crippen LogP contribution is 2.31. The number of aliphatic hydroxyl groups is 1. The van der Waals surface area contributed by atoms with E-state index < -0.39 is 5.60 Å². The summed E-state index contributed by atoms with van der Waals surface area (Å²) in [5.74, 6) is 0.281. The molecule has 1 aliphatic rings. The fraction of sp³-hybridized carbons (Fsp3) is 0.750. The standard InChI is InChI=1S/C28H46O2/c29-27(25-28(30)23-17-12-18-24-28)22-16-10-8-6-4-2-1-3-5-7-9-13-19-26-20-14-11-15-21-26/h11,14-15,20-21,30H,1-10,12-13,16-19,22-25H2. The van der Waals surface area contributed by atoms with Crippen LogP contribution in [0.4, 0.5) is 0 Å². The number of rotatable bonds is 17. The van der Waals surface area contributed by atoms with E-state index in [1.165, 1.54) is 89.0 Å². The predicted molar refractivity (Wildman–Crippen MR) is 128 cm³/mol. The molecule has 0 aromatic heterocycles. The van der Waals surface area contributed by atoms with Crippen LogP contribution in [0.2, 0.25) is 0 Å². The van der Waals surface area contributed by atoms with Crippen LogP contribution in [0.3, 0.4) is 0 Å². The van der Waals surface area contributed by atoms with Crippen LogP contribution in [-0.4, -0.2) is 16.5 Å². The smallest absolute Gasteiger partial charge is 0.135 e. The van der Waals surface area contributed by atoms with E-state index in [0.717, 1.165) is 32.1 Å². The molecule has 30 heavy (non-hydrogen) atoms. The van der Waals surface area contributed by atoms with Crippen molar-refractivity contribution in [2.24, 2.45) is 0 Å². The molecule has 2 rings (SSSR count). The number of carbonyl (C=O) groups is 1. The van der Waals surface area contributed by atoms with Gasteiger partial charge in [0.25, 0.3) is 0 Å². The first-order valence-corrected chi connectivity index (χ1v) is 13.0. The lowest BCUT2D eigenvalue weighted by Crippen LogP contribution is -2.33. The Morgan fingerprint density at radius 2 is 1.20 bits per heavy atom. The normalized spacial score (nSPS) is 15.9. The van der Waals surface area contributed by atoms with Crippen LogP contribution in [0.1, 0.15) is 128 Å². The van der Waals surface area contributed by atoms with E-state index >= 15 is 0 Å². The number of hydrogen-bond donors (Lipinski definition) is 1. The van der Waals surface area contributed by atoms with E-state index in [4.69, 9.17) is 0 Å². The molecule has 2 heteroatoms. The van der Waals surface area contributed by atoms with Crippen LogP contribution in [-0.2, 0) is 11.2 Å². The Labute approximate surface area is 185 Å². The van der Waals surface area contributed by atoms with E-state index in [-0.39, 0.29) is 5.78 Å². The molecule has 0 heterocycles. The van der Waals surface area contributed by atoms with Gasteiger partial charge in [-0.3, -0.25) is 4.79 Å². The Balaban J connectivity index is 1.30. The summed E-state index contributed by atoms with van der Waals surface area (Å²) in [5.41, 5.74) is 0.806. The molecule has 0 radical (unpaired) electrons. The fourth-order valence-electron chi connectivity index (χ4n) is 4.91. The molecular formula is C28H46O2. The van der Waals surface area contributed by atoms with E-state index in [1.807, 2.05) is 0 Å². The maximum atomic E-state index is 12.1. The van der Waals surface area contributed by atoms with Crippen LogP contribution >= 0.6 is 0 Å². The molecule has 170 valence electrons. The van der Waals surface area contributed by atoms with Crippen molar-refractivity contribution in [2.75, 3.05) is 0 Å². The Bertz CT molecular complexity index is 545. The maximum absolute atomic E-state index is 12.1. The summed E-state index contributed by atoms with van der Waals surface area (Å²) in [4.78, 5) is 12.1. The largest absolute Gasteiger partial charge is 0.389 e. The maximum Gasteiger partial charge on any atom is 0.135 e. The zero-order chi connectivity index (χ0) is 21.3. The van der Waals surface area contributed by atoms with Crippen molar-refractivity contribution in [1.82, 2.24) is 0 Å². The van der Waals surface area contributed by atoms with Crippen LogP contribution < -0.4 is 0 Å². The SMILES string of the molecule is O=C(CCCCCCCCCCCCCCc1ccccc1)CC1(O)CCCCC1. The fourth-order valence-corrected chi connectivity index (χ4v) is 4.91. The van der Waals surface area contributed by atoms with Gasteiger partial charge in [0.2, 0.25) is 0 Å². The lowest BCUT2D eigenvalue weighted by Gasteiger charge is -2.31. The van der Waals surface area contributed by atoms with Crippen molar-refractivity contribution >= 4 is 5.78 Å². The minimum absolute atomic E-state index is 0.281. The third-order valence-electron chi connectivity index (χ3n) is 6.82. The van der Waals surface area contributed by atoms with Crippen molar-refractivity contribution in [3.8, 4) is 0 Å². The molecule has 0 unspecified atom stereocenters. The Kier molecular flexibility index (Phi) is 13.1. The number of unbranched alkanes of at least 4 members (excludes halogenated alkanes) is 11. The molecule has 1 aromatic carbocycles. The monoisotopic (exact) mass is 414 g/mol. The molecule has 1 saturated carbocycles. The number of hydrogen-bond acceptors (Lipinski definition) is 2. The predicted octanol–water partition coefficient (Wildman–Crippen LogP) is 7.95. The van der Waals surface area contributed by atoms with E-state index in [9.17, 15) is 9.90 Å². The number of ketones is 1. The van der Waals surface area contributed by atoms with Gasteiger partial charge in [-0.25, -0.2) is 0 Å². The van der Waals surface area contributed by atoms with Crippen LogP contribution in [0, 0.1) is 0 Å². The summed E-state index contributed by atoms with van der Waals surface area (Å²) >= 11 is 0. The summed E-state index contributed by atoms with van der Waals surface area (Å²) < 4.78 is 0. The average Bonchev–Trinajstić information content (AvgIpc) is 2.75. The Hall–Kier alpha value is -1.15. The van der Waals surface area contributed by atoms with Gasteiger partial charge in [-0.1, -0.05) is 114 Å². The van der Waals surface area contributed by atoms with Gasteiger partial charge in [-0.15, -0.1) is 0 Å². The van der Waals surface area contributed by atoms with Crippen LogP contribution in [0.25, 0.3) is 0 Å². The molecular weight excluding hydrogens is 368 g/mol. The zero-order valence-corrected chi connectivity index (χ0v) is 19.4. The first-order valence-electron chi connectivity index (χ1n) is 13.0. The number of Topliss-reactive ketones (excluding diaryl/α,β-unsaturated/α-hetero) is 1. The van der Waals surface area contributed by atoms with E-state index in [2.05, 4.69) is 30.3 Å².